The van der Waals surface area contributed by atoms with Crippen molar-refractivity contribution in [1.82, 2.24) is 10.3 Å². The maximum absolute atomic E-state index is 11.8. The Bertz CT molecular complexity index is 523. The zero-order valence-electron chi connectivity index (χ0n) is 10.7. The third kappa shape index (κ3) is 4.22. The number of carbonyl (C=O) groups excluding carboxylic acids is 1. The van der Waals surface area contributed by atoms with E-state index in [1.807, 2.05) is 0 Å². The minimum atomic E-state index is -1.17. The summed E-state index contributed by atoms with van der Waals surface area (Å²) in [6, 6.07) is 0.188. The maximum Gasteiger partial charge on any atom is 0.326 e. The Balaban J connectivity index is 2.81. The topological polar surface area (TPSA) is 108 Å². The predicted molar refractivity (Wildman–Crippen MR) is 67.2 cm³/mol. The van der Waals surface area contributed by atoms with Crippen LogP contribution in [0.3, 0.4) is 0 Å². The molecule has 0 saturated carbocycles. The summed E-state index contributed by atoms with van der Waals surface area (Å²) in [5.41, 5.74) is 0.0506. The molecule has 104 valence electrons. The molecule has 1 atom stereocenters. The predicted octanol–water partition coefficient (Wildman–Crippen LogP) is -0.0972. The van der Waals surface area contributed by atoms with Gasteiger partial charge in [-0.1, -0.05) is 0 Å². The Kier molecular flexibility index (Phi) is 5.25. The Morgan fingerprint density at radius 1 is 1.53 bits per heavy atom. The number of hydrogen-bond donors (Lipinski definition) is 3. The first kappa shape index (κ1) is 14.9. The van der Waals surface area contributed by atoms with Crippen LogP contribution in [0, 0.1) is 6.92 Å². The van der Waals surface area contributed by atoms with Crippen molar-refractivity contribution < 1.29 is 19.4 Å². The molecule has 0 bridgehead atoms. The van der Waals surface area contributed by atoms with Crippen LogP contribution in [0.4, 0.5) is 0 Å². The summed E-state index contributed by atoms with van der Waals surface area (Å²) in [6.45, 7) is 1.88. The molecule has 1 unspecified atom stereocenters. The molecule has 19 heavy (non-hydrogen) atoms. The van der Waals surface area contributed by atoms with Gasteiger partial charge in [-0.05, 0) is 6.92 Å². The highest BCUT2D eigenvalue weighted by Gasteiger charge is 2.21. The lowest BCUT2D eigenvalue weighted by Gasteiger charge is -2.13. The van der Waals surface area contributed by atoms with Gasteiger partial charge in [0.1, 0.15) is 11.6 Å². The lowest BCUT2D eigenvalue weighted by atomic mass is 10.2. The molecule has 1 aromatic heterocycles. The molecule has 7 nitrogen and oxygen atoms in total. The van der Waals surface area contributed by atoms with Crippen LogP contribution in [0.2, 0.25) is 0 Å². The molecule has 1 aromatic rings. The molecule has 1 amide bonds. The van der Waals surface area contributed by atoms with E-state index in [0.29, 0.717) is 5.69 Å². The minimum Gasteiger partial charge on any atom is -0.480 e. The van der Waals surface area contributed by atoms with Gasteiger partial charge in [0.2, 0.25) is 0 Å². The third-order valence-electron chi connectivity index (χ3n) is 2.52. The fourth-order valence-corrected chi connectivity index (χ4v) is 1.48. The van der Waals surface area contributed by atoms with Crippen LogP contribution in [-0.2, 0) is 9.53 Å². The van der Waals surface area contributed by atoms with Crippen molar-refractivity contribution in [2.75, 3.05) is 13.7 Å². The van der Waals surface area contributed by atoms with Gasteiger partial charge >= 0.3 is 5.97 Å². The SMILES string of the molecule is COCCC(NC(=O)c1c[nH]c(C)cc1=O)C(=O)O. The smallest absolute Gasteiger partial charge is 0.326 e. The average Bonchev–Trinajstić information content (AvgIpc) is 2.33. The van der Waals surface area contributed by atoms with E-state index < -0.39 is 23.3 Å². The Hall–Kier alpha value is -2.15. The van der Waals surface area contributed by atoms with Gasteiger partial charge < -0.3 is 20.1 Å². The molecule has 3 N–H and O–H groups in total. The van der Waals surface area contributed by atoms with Gasteiger partial charge in [0.15, 0.2) is 5.43 Å². The van der Waals surface area contributed by atoms with Crippen molar-refractivity contribution in [3.05, 3.63) is 33.7 Å². The number of rotatable bonds is 6. The fourth-order valence-electron chi connectivity index (χ4n) is 1.48. The number of aliphatic carboxylic acids is 1. The van der Waals surface area contributed by atoms with Crippen LogP contribution < -0.4 is 10.7 Å². The van der Waals surface area contributed by atoms with Crippen molar-refractivity contribution >= 4 is 11.9 Å². The highest BCUT2D eigenvalue weighted by atomic mass is 16.5. The Labute approximate surface area is 109 Å². The molecule has 0 aliphatic heterocycles. The monoisotopic (exact) mass is 268 g/mol. The van der Waals surface area contributed by atoms with E-state index in [0.717, 1.165) is 0 Å². The molecule has 7 heteroatoms. The number of amides is 1. The van der Waals surface area contributed by atoms with Gasteiger partial charge in [-0.15, -0.1) is 0 Å². The molecule has 0 aliphatic rings. The second-order valence-corrected chi connectivity index (χ2v) is 4.04. The lowest BCUT2D eigenvalue weighted by Crippen LogP contribution is -2.42. The second-order valence-electron chi connectivity index (χ2n) is 4.04. The van der Waals surface area contributed by atoms with Crippen LogP contribution in [0.5, 0.6) is 0 Å². The van der Waals surface area contributed by atoms with Crippen LogP contribution in [-0.4, -0.2) is 41.7 Å². The van der Waals surface area contributed by atoms with Gasteiger partial charge in [0, 0.05) is 38.1 Å². The molecular formula is C12H16N2O5. The van der Waals surface area contributed by atoms with Crippen LogP contribution >= 0.6 is 0 Å². The first-order valence-electron chi connectivity index (χ1n) is 5.67. The van der Waals surface area contributed by atoms with Gasteiger partial charge in [0.25, 0.3) is 5.91 Å². The summed E-state index contributed by atoms with van der Waals surface area (Å²) in [7, 11) is 1.44. The van der Waals surface area contributed by atoms with Crippen LogP contribution in [0.25, 0.3) is 0 Å². The number of carbonyl (C=O) groups is 2. The number of pyridine rings is 1. The van der Waals surface area contributed by atoms with Crippen molar-refractivity contribution in [2.45, 2.75) is 19.4 Å². The van der Waals surface area contributed by atoms with E-state index in [9.17, 15) is 14.4 Å². The van der Waals surface area contributed by atoms with Gasteiger partial charge in [-0.3, -0.25) is 9.59 Å². The summed E-state index contributed by atoms with van der Waals surface area (Å²) in [5.74, 6) is -1.89. The zero-order valence-corrected chi connectivity index (χ0v) is 10.7. The first-order chi connectivity index (χ1) is 8.95. The first-order valence-corrected chi connectivity index (χ1v) is 5.67. The molecule has 0 aromatic carbocycles. The van der Waals surface area contributed by atoms with E-state index in [1.165, 1.54) is 19.4 Å². The molecule has 1 rings (SSSR count). The number of ether oxygens (including phenoxy) is 1. The normalized spacial score (nSPS) is 11.9. The summed E-state index contributed by atoms with van der Waals surface area (Å²) < 4.78 is 4.77. The highest BCUT2D eigenvalue weighted by Crippen LogP contribution is 1.97. The average molecular weight is 268 g/mol. The van der Waals surface area contributed by atoms with Gasteiger partial charge in [-0.25, -0.2) is 4.79 Å². The minimum absolute atomic E-state index is 0.116. The lowest BCUT2D eigenvalue weighted by molar-refractivity contribution is -0.139. The van der Waals surface area contributed by atoms with E-state index >= 15 is 0 Å². The van der Waals surface area contributed by atoms with Crippen LogP contribution in [0.1, 0.15) is 22.5 Å². The van der Waals surface area contributed by atoms with Crippen molar-refractivity contribution in [1.29, 1.82) is 0 Å². The number of aromatic amines is 1. The molecule has 0 radical (unpaired) electrons. The quantitative estimate of drug-likeness (QED) is 0.667. The van der Waals surface area contributed by atoms with Crippen molar-refractivity contribution in [3.63, 3.8) is 0 Å². The Morgan fingerprint density at radius 3 is 2.74 bits per heavy atom. The molecule has 0 saturated heterocycles. The highest BCUT2D eigenvalue weighted by molar-refractivity contribution is 5.96. The number of methoxy groups -OCH3 is 1. The number of hydrogen-bond acceptors (Lipinski definition) is 4. The summed E-state index contributed by atoms with van der Waals surface area (Å²) >= 11 is 0. The molecule has 0 fully saturated rings. The number of carboxylic acid groups (broad SMARTS) is 1. The fraction of sp³-hybridized carbons (Fsp3) is 0.417. The van der Waals surface area contributed by atoms with Gasteiger partial charge in [-0.2, -0.15) is 0 Å². The van der Waals surface area contributed by atoms with Crippen LogP contribution in [0.15, 0.2) is 17.1 Å². The number of nitrogens with one attached hydrogen (secondary N) is 2. The maximum atomic E-state index is 11.8. The third-order valence-corrected chi connectivity index (χ3v) is 2.52. The standard InChI is InChI=1S/C12H16N2O5/c1-7-5-10(15)8(6-13-7)11(16)14-9(12(17)18)3-4-19-2/h5-6,9H,3-4H2,1-2H3,(H,13,15)(H,14,16)(H,17,18). The summed E-state index contributed by atoms with van der Waals surface area (Å²) in [4.78, 5) is 37.1. The number of aryl methyl sites for hydroxylation is 1. The van der Waals surface area contributed by atoms with E-state index in [4.69, 9.17) is 9.84 Å². The van der Waals surface area contributed by atoms with E-state index in [1.54, 1.807) is 6.92 Å². The Morgan fingerprint density at radius 2 is 2.21 bits per heavy atom. The molecule has 0 spiro atoms. The summed E-state index contributed by atoms with van der Waals surface area (Å²) in [5, 5.41) is 11.2. The number of aromatic nitrogens is 1. The largest absolute Gasteiger partial charge is 0.480 e. The summed E-state index contributed by atoms with van der Waals surface area (Å²) in [6.07, 6.45) is 1.39. The molecule has 0 aliphatic carbocycles. The van der Waals surface area contributed by atoms with Crippen molar-refractivity contribution in [2.24, 2.45) is 0 Å². The second kappa shape index (κ2) is 6.69. The number of H-pyrrole nitrogens is 1. The van der Waals surface area contributed by atoms with Gasteiger partial charge in [0.05, 0.1) is 0 Å². The molecular weight excluding hydrogens is 252 g/mol. The van der Waals surface area contributed by atoms with E-state index in [2.05, 4.69) is 10.3 Å². The molecule has 1 heterocycles. The zero-order chi connectivity index (χ0) is 14.4. The number of carboxylic acids is 1. The van der Waals surface area contributed by atoms with E-state index in [-0.39, 0.29) is 18.6 Å². The van der Waals surface area contributed by atoms with Crippen molar-refractivity contribution in [3.8, 4) is 0 Å².